The molecule has 0 saturated heterocycles. The van der Waals surface area contributed by atoms with Crippen molar-refractivity contribution < 1.29 is 4.79 Å². The first kappa shape index (κ1) is 11.7. The van der Waals surface area contributed by atoms with Crippen molar-refractivity contribution in [1.29, 1.82) is 0 Å². The third-order valence-corrected chi connectivity index (χ3v) is 2.62. The van der Waals surface area contributed by atoms with Crippen molar-refractivity contribution in [3.05, 3.63) is 58.6 Å². The highest BCUT2D eigenvalue weighted by Gasteiger charge is 2.05. The smallest absolute Gasteiger partial charge is 0.251 e. The highest BCUT2D eigenvalue weighted by atomic mass is 79.9. The summed E-state index contributed by atoms with van der Waals surface area (Å²) in [6.07, 6.45) is 4.99. The van der Waals surface area contributed by atoms with Gasteiger partial charge in [0.15, 0.2) is 0 Å². The van der Waals surface area contributed by atoms with Crippen molar-refractivity contribution in [2.75, 3.05) is 0 Å². The number of hydrogen-bond donors (Lipinski definition) is 1. The van der Waals surface area contributed by atoms with Crippen molar-refractivity contribution in [2.24, 2.45) is 0 Å². The molecule has 0 spiro atoms. The molecule has 0 bridgehead atoms. The molecule has 1 N–H and O–H groups in total. The van der Waals surface area contributed by atoms with Crippen LogP contribution in [-0.2, 0) is 6.54 Å². The molecule has 0 aliphatic heterocycles. The van der Waals surface area contributed by atoms with Crippen LogP contribution >= 0.6 is 15.9 Å². The Morgan fingerprint density at radius 2 is 2.00 bits per heavy atom. The molecule has 0 aliphatic rings. The van der Waals surface area contributed by atoms with E-state index in [1.807, 2.05) is 12.1 Å². The fourth-order valence-corrected chi connectivity index (χ4v) is 1.69. The van der Waals surface area contributed by atoms with Crippen LogP contribution in [0.4, 0.5) is 0 Å². The van der Waals surface area contributed by atoms with Crippen LogP contribution in [0, 0.1) is 0 Å². The Balaban J connectivity index is 1.98. The number of pyridine rings is 2. The molecule has 17 heavy (non-hydrogen) atoms. The lowest BCUT2D eigenvalue weighted by Crippen LogP contribution is -2.22. The molecular formula is C12H10BrN3O. The predicted molar refractivity (Wildman–Crippen MR) is 67.3 cm³/mol. The van der Waals surface area contributed by atoms with Gasteiger partial charge in [-0.05, 0) is 45.8 Å². The first-order valence-electron chi connectivity index (χ1n) is 5.04. The average Bonchev–Trinajstić information content (AvgIpc) is 2.37. The molecule has 0 fully saturated rings. The zero-order valence-electron chi connectivity index (χ0n) is 8.93. The van der Waals surface area contributed by atoms with E-state index in [4.69, 9.17) is 0 Å². The molecule has 0 saturated carbocycles. The van der Waals surface area contributed by atoms with Crippen LogP contribution in [-0.4, -0.2) is 15.9 Å². The van der Waals surface area contributed by atoms with Gasteiger partial charge in [0.2, 0.25) is 0 Å². The molecule has 4 nitrogen and oxygen atoms in total. The Morgan fingerprint density at radius 1 is 1.24 bits per heavy atom. The van der Waals surface area contributed by atoms with Gasteiger partial charge in [0.1, 0.15) is 4.60 Å². The van der Waals surface area contributed by atoms with E-state index in [1.165, 1.54) is 0 Å². The molecule has 0 radical (unpaired) electrons. The van der Waals surface area contributed by atoms with Gasteiger partial charge in [0.25, 0.3) is 5.91 Å². The van der Waals surface area contributed by atoms with Crippen molar-refractivity contribution >= 4 is 21.8 Å². The summed E-state index contributed by atoms with van der Waals surface area (Å²) in [7, 11) is 0. The summed E-state index contributed by atoms with van der Waals surface area (Å²) in [6, 6.07) is 7.08. The summed E-state index contributed by atoms with van der Waals surface area (Å²) in [6.45, 7) is 0.487. The van der Waals surface area contributed by atoms with E-state index < -0.39 is 0 Å². The third-order valence-electron chi connectivity index (χ3n) is 2.19. The molecule has 0 aliphatic carbocycles. The van der Waals surface area contributed by atoms with Gasteiger partial charge in [0.05, 0.1) is 0 Å². The lowest BCUT2D eigenvalue weighted by Gasteiger charge is -2.05. The number of amides is 1. The fourth-order valence-electron chi connectivity index (χ4n) is 1.33. The lowest BCUT2D eigenvalue weighted by molar-refractivity contribution is 0.0950. The summed E-state index contributed by atoms with van der Waals surface area (Å²) in [5, 5.41) is 2.83. The standard InChI is InChI=1S/C12H10BrN3O/c13-11-7-10(3-6-15-11)12(17)16-8-9-1-4-14-5-2-9/h1-7H,8H2,(H,16,17). The topological polar surface area (TPSA) is 54.9 Å². The zero-order valence-corrected chi connectivity index (χ0v) is 10.5. The molecule has 2 heterocycles. The van der Waals surface area contributed by atoms with E-state index in [1.54, 1.807) is 30.7 Å². The maximum absolute atomic E-state index is 11.8. The Bertz CT molecular complexity index is 516. The maximum Gasteiger partial charge on any atom is 0.251 e. The summed E-state index contributed by atoms with van der Waals surface area (Å²) in [5.41, 5.74) is 1.60. The van der Waals surface area contributed by atoms with Crippen LogP contribution in [0.25, 0.3) is 0 Å². The van der Waals surface area contributed by atoms with Crippen LogP contribution in [0.3, 0.4) is 0 Å². The molecule has 0 atom stereocenters. The van der Waals surface area contributed by atoms with Gasteiger partial charge in [-0.3, -0.25) is 9.78 Å². The van der Waals surface area contributed by atoms with Gasteiger partial charge < -0.3 is 5.32 Å². The van der Waals surface area contributed by atoms with Crippen LogP contribution in [0.15, 0.2) is 47.5 Å². The highest BCUT2D eigenvalue weighted by molar-refractivity contribution is 9.10. The van der Waals surface area contributed by atoms with E-state index in [0.29, 0.717) is 16.7 Å². The van der Waals surface area contributed by atoms with E-state index >= 15 is 0 Å². The quantitative estimate of drug-likeness (QED) is 0.882. The zero-order chi connectivity index (χ0) is 12.1. The van der Waals surface area contributed by atoms with Gasteiger partial charge >= 0.3 is 0 Å². The average molecular weight is 292 g/mol. The first-order chi connectivity index (χ1) is 8.25. The lowest BCUT2D eigenvalue weighted by atomic mass is 10.2. The molecule has 0 unspecified atom stereocenters. The third kappa shape index (κ3) is 3.35. The minimum absolute atomic E-state index is 0.120. The second-order valence-electron chi connectivity index (χ2n) is 3.41. The normalized spacial score (nSPS) is 9.94. The minimum Gasteiger partial charge on any atom is -0.348 e. The van der Waals surface area contributed by atoms with Crippen molar-refractivity contribution in [3.8, 4) is 0 Å². The summed E-state index contributed by atoms with van der Waals surface area (Å²) < 4.78 is 0.647. The molecule has 0 aromatic carbocycles. The van der Waals surface area contributed by atoms with Crippen molar-refractivity contribution in [1.82, 2.24) is 15.3 Å². The predicted octanol–water partition coefficient (Wildman–Crippen LogP) is 2.17. The van der Waals surface area contributed by atoms with Gasteiger partial charge in [-0.25, -0.2) is 4.98 Å². The van der Waals surface area contributed by atoms with E-state index in [9.17, 15) is 4.79 Å². The SMILES string of the molecule is O=C(NCc1ccncc1)c1ccnc(Br)c1. The monoisotopic (exact) mass is 291 g/mol. The Kier molecular flexibility index (Phi) is 3.82. The number of carbonyl (C=O) groups is 1. The summed E-state index contributed by atoms with van der Waals surface area (Å²) in [5.74, 6) is -0.120. The van der Waals surface area contributed by atoms with E-state index in [-0.39, 0.29) is 5.91 Å². The number of hydrogen-bond acceptors (Lipinski definition) is 3. The number of nitrogens with one attached hydrogen (secondary N) is 1. The van der Waals surface area contributed by atoms with Crippen LogP contribution in [0.1, 0.15) is 15.9 Å². The molecular weight excluding hydrogens is 282 g/mol. The van der Waals surface area contributed by atoms with Crippen LogP contribution in [0.5, 0.6) is 0 Å². The van der Waals surface area contributed by atoms with Crippen LogP contribution < -0.4 is 5.32 Å². The number of carbonyl (C=O) groups excluding carboxylic acids is 1. The second-order valence-corrected chi connectivity index (χ2v) is 4.22. The van der Waals surface area contributed by atoms with Gasteiger partial charge in [-0.15, -0.1) is 0 Å². The van der Waals surface area contributed by atoms with Gasteiger partial charge in [-0.2, -0.15) is 0 Å². The summed E-state index contributed by atoms with van der Waals surface area (Å²) >= 11 is 3.23. The molecule has 2 aromatic heterocycles. The number of rotatable bonds is 3. The summed E-state index contributed by atoms with van der Waals surface area (Å²) in [4.78, 5) is 19.7. The molecule has 86 valence electrons. The number of aromatic nitrogens is 2. The highest BCUT2D eigenvalue weighted by Crippen LogP contribution is 2.08. The van der Waals surface area contributed by atoms with E-state index in [2.05, 4.69) is 31.2 Å². The number of nitrogens with zero attached hydrogens (tertiary/aromatic N) is 2. The molecule has 2 rings (SSSR count). The molecule has 5 heteroatoms. The minimum atomic E-state index is -0.120. The molecule has 1 amide bonds. The largest absolute Gasteiger partial charge is 0.348 e. The van der Waals surface area contributed by atoms with Crippen molar-refractivity contribution in [3.63, 3.8) is 0 Å². The fraction of sp³-hybridized carbons (Fsp3) is 0.0833. The van der Waals surface area contributed by atoms with Gasteiger partial charge in [0, 0.05) is 30.7 Å². The van der Waals surface area contributed by atoms with E-state index in [0.717, 1.165) is 5.56 Å². The Labute approximate surface area is 107 Å². The maximum atomic E-state index is 11.8. The Hall–Kier alpha value is -1.75. The molecule has 2 aromatic rings. The van der Waals surface area contributed by atoms with Gasteiger partial charge in [-0.1, -0.05) is 0 Å². The Morgan fingerprint density at radius 3 is 2.71 bits per heavy atom. The van der Waals surface area contributed by atoms with Crippen LogP contribution in [0.2, 0.25) is 0 Å². The van der Waals surface area contributed by atoms with Crippen molar-refractivity contribution in [2.45, 2.75) is 6.54 Å². The first-order valence-corrected chi connectivity index (χ1v) is 5.83. The number of halogens is 1. The second kappa shape index (κ2) is 5.54.